The predicted molar refractivity (Wildman–Crippen MR) is 93.0 cm³/mol. The number of anilines is 2. The quantitative estimate of drug-likeness (QED) is 0.788. The van der Waals surface area contributed by atoms with Crippen LogP contribution in [0.4, 0.5) is 20.2 Å². The molecule has 0 aliphatic heterocycles. The first-order chi connectivity index (χ1) is 12.9. The highest BCUT2D eigenvalue weighted by Crippen LogP contribution is 2.40. The van der Waals surface area contributed by atoms with Crippen LogP contribution >= 0.6 is 0 Å². The predicted octanol–water partition coefficient (Wildman–Crippen LogP) is 2.96. The van der Waals surface area contributed by atoms with Gasteiger partial charge in [0.15, 0.2) is 11.6 Å². The Kier molecular flexibility index (Phi) is 5.16. The molecule has 0 bridgehead atoms. The molecule has 0 aromatic heterocycles. The first-order valence-corrected chi connectivity index (χ1v) is 8.14. The van der Waals surface area contributed by atoms with Crippen LogP contribution in [-0.2, 0) is 14.3 Å². The molecular formula is C19H16F2N2O4. The number of ether oxygens (including phenoxy) is 1. The smallest absolute Gasteiger partial charge is 0.337 e. The molecule has 0 spiro atoms. The summed E-state index contributed by atoms with van der Waals surface area (Å²) in [5.74, 6) is -4.34. The third kappa shape index (κ3) is 4.28. The number of benzene rings is 2. The number of methoxy groups -OCH3 is 1. The van der Waals surface area contributed by atoms with E-state index in [9.17, 15) is 23.2 Å². The Morgan fingerprint density at radius 1 is 0.889 bits per heavy atom. The van der Waals surface area contributed by atoms with E-state index >= 15 is 0 Å². The number of carbonyl (C=O) groups is 3. The van der Waals surface area contributed by atoms with Crippen molar-refractivity contribution in [1.29, 1.82) is 0 Å². The highest BCUT2D eigenvalue weighted by molar-refractivity contribution is 6.03. The van der Waals surface area contributed by atoms with E-state index < -0.39 is 35.3 Å². The van der Waals surface area contributed by atoms with Crippen LogP contribution in [-0.4, -0.2) is 24.9 Å². The average molecular weight is 374 g/mol. The Balaban J connectivity index is 1.54. The lowest BCUT2D eigenvalue weighted by Crippen LogP contribution is -2.20. The molecule has 1 aliphatic rings. The summed E-state index contributed by atoms with van der Waals surface area (Å²) in [6.07, 6.45) is 0.363. The molecule has 6 nitrogen and oxygen atoms in total. The molecule has 1 saturated carbocycles. The van der Waals surface area contributed by atoms with E-state index in [1.54, 1.807) is 12.1 Å². The normalized spacial score (nSPS) is 17.7. The maximum atomic E-state index is 13.2. The molecule has 8 heteroatoms. The molecule has 0 radical (unpaired) electrons. The lowest BCUT2D eigenvalue weighted by molar-refractivity contribution is -0.122. The molecule has 2 N–H and O–H groups in total. The lowest BCUT2D eigenvalue weighted by Gasteiger charge is -2.07. The van der Waals surface area contributed by atoms with Gasteiger partial charge < -0.3 is 15.4 Å². The average Bonchev–Trinajstić information content (AvgIpc) is 3.46. The van der Waals surface area contributed by atoms with Crippen LogP contribution in [0.3, 0.4) is 0 Å². The maximum absolute atomic E-state index is 13.2. The molecule has 2 unspecified atom stereocenters. The van der Waals surface area contributed by atoms with Gasteiger partial charge >= 0.3 is 5.97 Å². The summed E-state index contributed by atoms with van der Waals surface area (Å²) >= 11 is 0. The van der Waals surface area contributed by atoms with Crippen LogP contribution in [0.1, 0.15) is 16.8 Å². The Labute approximate surface area is 153 Å². The molecular weight excluding hydrogens is 358 g/mol. The fraction of sp³-hybridized carbons (Fsp3) is 0.211. The van der Waals surface area contributed by atoms with Crippen molar-refractivity contribution < 1.29 is 27.9 Å². The monoisotopic (exact) mass is 374 g/mol. The van der Waals surface area contributed by atoms with Gasteiger partial charge in [0.05, 0.1) is 24.5 Å². The third-order valence-corrected chi connectivity index (χ3v) is 4.22. The number of rotatable bonds is 5. The highest BCUT2D eigenvalue weighted by atomic mass is 19.2. The summed E-state index contributed by atoms with van der Waals surface area (Å²) in [6, 6.07) is 9.19. The van der Waals surface area contributed by atoms with Gasteiger partial charge in [-0.3, -0.25) is 9.59 Å². The Hall–Kier alpha value is -3.29. The van der Waals surface area contributed by atoms with Crippen molar-refractivity contribution in [2.24, 2.45) is 11.8 Å². The molecule has 2 atom stereocenters. The molecule has 1 fully saturated rings. The van der Waals surface area contributed by atoms with E-state index in [2.05, 4.69) is 15.4 Å². The number of amides is 2. The first-order valence-electron chi connectivity index (χ1n) is 8.14. The second-order valence-electron chi connectivity index (χ2n) is 6.13. The zero-order valence-corrected chi connectivity index (χ0v) is 14.3. The Morgan fingerprint density at radius 3 is 2.00 bits per heavy atom. The first kappa shape index (κ1) is 18.5. The summed E-state index contributed by atoms with van der Waals surface area (Å²) in [4.78, 5) is 35.7. The van der Waals surface area contributed by atoms with Crippen LogP contribution in [0.25, 0.3) is 0 Å². The second kappa shape index (κ2) is 7.53. The second-order valence-corrected chi connectivity index (χ2v) is 6.13. The van der Waals surface area contributed by atoms with Crippen LogP contribution in [0.5, 0.6) is 0 Å². The Morgan fingerprint density at radius 2 is 1.44 bits per heavy atom. The summed E-state index contributed by atoms with van der Waals surface area (Å²) in [5.41, 5.74) is 0.966. The van der Waals surface area contributed by atoms with Gasteiger partial charge in [-0.15, -0.1) is 0 Å². The van der Waals surface area contributed by atoms with Gasteiger partial charge in [-0.1, -0.05) is 0 Å². The fourth-order valence-electron chi connectivity index (χ4n) is 2.63. The zero-order chi connectivity index (χ0) is 19.6. The number of nitrogens with one attached hydrogen (secondary N) is 2. The summed E-state index contributed by atoms with van der Waals surface area (Å²) < 4.78 is 30.7. The minimum absolute atomic E-state index is 0.128. The van der Waals surface area contributed by atoms with E-state index in [4.69, 9.17) is 0 Å². The summed E-state index contributed by atoms with van der Waals surface area (Å²) in [7, 11) is 1.27. The molecule has 3 rings (SSSR count). The van der Waals surface area contributed by atoms with Gasteiger partial charge in [0.1, 0.15) is 0 Å². The van der Waals surface area contributed by atoms with E-state index in [1.165, 1.54) is 25.3 Å². The van der Waals surface area contributed by atoms with Gasteiger partial charge in [-0.2, -0.15) is 0 Å². The minimum atomic E-state index is -1.06. The standard InChI is InChI=1S/C19H16F2N2O4/c1-27-19(26)10-2-4-11(5-3-10)22-17(24)13-9-14(13)18(25)23-12-6-7-15(20)16(21)8-12/h2-8,13-14H,9H2,1H3,(H,22,24)(H,23,25). The van der Waals surface area contributed by atoms with E-state index in [0.29, 0.717) is 17.7 Å². The number of halogens is 2. The molecule has 2 aromatic carbocycles. The van der Waals surface area contributed by atoms with Gasteiger partial charge in [-0.25, -0.2) is 13.6 Å². The molecule has 27 heavy (non-hydrogen) atoms. The van der Waals surface area contributed by atoms with Crippen molar-refractivity contribution >= 4 is 29.2 Å². The van der Waals surface area contributed by atoms with Crippen molar-refractivity contribution in [3.05, 3.63) is 59.7 Å². The van der Waals surface area contributed by atoms with E-state index in [1.807, 2.05) is 0 Å². The number of carbonyl (C=O) groups excluding carboxylic acids is 3. The third-order valence-electron chi connectivity index (χ3n) is 4.22. The Bertz CT molecular complexity index is 899. The van der Waals surface area contributed by atoms with Crippen molar-refractivity contribution in [1.82, 2.24) is 0 Å². The van der Waals surface area contributed by atoms with Crippen LogP contribution in [0.15, 0.2) is 42.5 Å². The van der Waals surface area contributed by atoms with Crippen LogP contribution in [0, 0.1) is 23.5 Å². The SMILES string of the molecule is COC(=O)c1ccc(NC(=O)C2CC2C(=O)Nc2ccc(F)c(F)c2)cc1. The molecule has 2 aromatic rings. The van der Waals surface area contributed by atoms with Crippen molar-refractivity contribution in [3.8, 4) is 0 Å². The lowest BCUT2D eigenvalue weighted by atomic mass is 10.2. The van der Waals surface area contributed by atoms with Gasteiger partial charge in [0, 0.05) is 17.4 Å². The number of esters is 1. The van der Waals surface area contributed by atoms with Gasteiger partial charge in [0.25, 0.3) is 0 Å². The molecule has 1 aliphatic carbocycles. The minimum Gasteiger partial charge on any atom is -0.465 e. The van der Waals surface area contributed by atoms with Gasteiger partial charge in [-0.05, 0) is 42.8 Å². The zero-order valence-electron chi connectivity index (χ0n) is 14.3. The molecule has 0 saturated heterocycles. The molecule has 140 valence electrons. The summed E-state index contributed by atoms with van der Waals surface area (Å²) in [5, 5.41) is 5.14. The highest BCUT2D eigenvalue weighted by Gasteiger charge is 2.48. The topological polar surface area (TPSA) is 84.5 Å². The maximum Gasteiger partial charge on any atom is 0.337 e. The molecule has 0 heterocycles. The fourth-order valence-corrected chi connectivity index (χ4v) is 2.63. The van der Waals surface area contributed by atoms with Crippen molar-refractivity contribution in [3.63, 3.8) is 0 Å². The van der Waals surface area contributed by atoms with E-state index in [0.717, 1.165) is 12.1 Å². The van der Waals surface area contributed by atoms with Crippen LogP contribution < -0.4 is 10.6 Å². The van der Waals surface area contributed by atoms with Crippen molar-refractivity contribution in [2.75, 3.05) is 17.7 Å². The van der Waals surface area contributed by atoms with Gasteiger partial charge in [0.2, 0.25) is 11.8 Å². The van der Waals surface area contributed by atoms with Crippen molar-refractivity contribution in [2.45, 2.75) is 6.42 Å². The number of hydrogen-bond donors (Lipinski definition) is 2. The molecule has 2 amide bonds. The largest absolute Gasteiger partial charge is 0.465 e. The number of hydrogen-bond acceptors (Lipinski definition) is 4. The van der Waals surface area contributed by atoms with E-state index in [-0.39, 0.29) is 11.6 Å². The van der Waals surface area contributed by atoms with Crippen LogP contribution in [0.2, 0.25) is 0 Å². The summed E-state index contributed by atoms with van der Waals surface area (Å²) in [6.45, 7) is 0.